The number of aromatic hydroxyl groups is 1. The number of aryl methyl sites for hydroxylation is 1. The molecule has 2 aromatic rings. The van der Waals surface area contributed by atoms with Gasteiger partial charge in [-0.25, -0.2) is 0 Å². The largest absolute Gasteiger partial charge is 0.507 e. The molecule has 0 amide bonds. The molecular formula is C19H25OPS. The molecule has 0 aromatic heterocycles. The molecule has 1 atom stereocenters. The number of hydrogen-bond donors (Lipinski definition) is 2. The standard InChI is InChI=1S/C19H25OPS/c1-4-19(5-2,16-11-8-9-14(3)18(16)20)21-17-12-7-6-10-15(17)13-22/h6-12,20-22H,4-5,13H2,1-3H3. The third kappa shape index (κ3) is 3.34. The van der Waals surface area contributed by atoms with Gasteiger partial charge in [-0.05, 0) is 36.2 Å². The molecule has 0 radical (unpaired) electrons. The van der Waals surface area contributed by atoms with Gasteiger partial charge in [0.05, 0.1) is 0 Å². The molecule has 0 saturated carbocycles. The van der Waals surface area contributed by atoms with Crippen LogP contribution in [0.4, 0.5) is 0 Å². The van der Waals surface area contributed by atoms with Crippen molar-refractivity contribution in [2.45, 2.75) is 44.5 Å². The predicted molar refractivity (Wildman–Crippen MR) is 102 cm³/mol. The zero-order valence-corrected chi connectivity index (χ0v) is 15.5. The van der Waals surface area contributed by atoms with Gasteiger partial charge in [-0.2, -0.15) is 12.6 Å². The maximum atomic E-state index is 10.6. The van der Waals surface area contributed by atoms with E-state index in [1.807, 2.05) is 13.0 Å². The van der Waals surface area contributed by atoms with Crippen LogP contribution in [0.25, 0.3) is 0 Å². The van der Waals surface area contributed by atoms with Gasteiger partial charge in [-0.1, -0.05) is 64.9 Å². The summed E-state index contributed by atoms with van der Waals surface area (Å²) < 4.78 is 0. The highest BCUT2D eigenvalue weighted by Gasteiger charge is 2.32. The number of hydrogen-bond acceptors (Lipinski definition) is 2. The predicted octanol–water partition coefficient (Wildman–Crippen LogP) is 5.15. The zero-order valence-electron chi connectivity index (χ0n) is 13.6. The van der Waals surface area contributed by atoms with Crippen molar-refractivity contribution in [1.82, 2.24) is 0 Å². The second kappa shape index (κ2) is 7.53. The summed E-state index contributed by atoms with van der Waals surface area (Å²) in [6, 6.07) is 14.6. The fraction of sp³-hybridized carbons (Fsp3) is 0.368. The molecule has 0 heterocycles. The van der Waals surface area contributed by atoms with Crippen LogP contribution in [0.15, 0.2) is 42.5 Å². The van der Waals surface area contributed by atoms with Crippen molar-refractivity contribution in [3.8, 4) is 5.75 Å². The molecule has 2 rings (SSSR count). The van der Waals surface area contributed by atoms with Gasteiger partial charge in [0.2, 0.25) is 0 Å². The molecule has 0 saturated heterocycles. The number of para-hydroxylation sites is 1. The van der Waals surface area contributed by atoms with E-state index in [2.05, 4.69) is 62.9 Å². The Labute approximate surface area is 141 Å². The van der Waals surface area contributed by atoms with Gasteiger partial charge in [0, 0.05) is 16.5 Å². The molecule has 0 bridgehead atoms. The fourth-order valence-corrected chi connectivity index (χ4v) is 5.10. The maximum Gasteiger partial charge on any atom is 0.122 e. The van der Waals surface area contributed by atoms with Crippen molar-refractivity contribution < 1.29 is 5.11 Å². The summed E-state index contributed by atoms with van der Waals surface area (Å²) in [5.74, 6) is 1.22. The van der Waals surface area contributed by atoms with Gasteiger partial charge in [0.1, 0.15) is 5.75 Å². The maximum absolute atomic E-state index is 10.6. The van der Waals surface area contributed by atoms with Gasteiger partial charge in [0.25, 0.3) is 0 Å². The second-order valence-electron chi connectivity index (χ2n) is 5.70. The highest BCUT2D eigenvalue weighted by atomic mass is 32.1. The summed E-state index contributed by atoms with van der Waals surface area (Å²) in [7, 11) is 0.633. The van der Waals surface area contributed by atoms with Crippen LogP contribution in [-0.4, -0.2) is 5.11 Å². The molecule has 118 valence electrons. The first-order chi connectivity index (χ1) is 10.6. The lowest BCUT2D eigenvalue weighted by Gasteiger charge is -2.34. The molecule has 0 aliphatic carbocycles. The van der Waals surface area contributed by atoms with Crippen molar-refractivity contribution in [1.29, 1.82) is 0 Å². The van der Waals surface area contributed by atoms with Gasteiger partial charge in [0.15, 0.2) is 0 Å². The molecule has 0 aliphatic heterocycles. The van der Waals surface area contributed by atoms with Crippen LogP contribution in [-0.2, 0) is 10.9 Å². The third-order valence-electron chi connectivity index (χ3n) is 4.52. The molecular weight excluding hydrogens is 307 g/mol. The number of phenolic OH excluding ortho intramolecular Hbond substituents is 1. The summed E-state index contributed by atoms with van der Waals surface area (Å²) >= 11 is 4.47. The van der Waals surface area contributed by atoms with Crippen molar-refractivity contribution in [3.05, 3.63) is 59.2 Å². The lowest BCUT2D eigenvalue weighted by Crippen LogP contribution is -2.23. The van der Waals surface area contributed by atoms with E-state index in [0.717, 1.165) is 29.7 Å². The third-order valence-corrected chi connectivity index (χ3v) is 7.07. The Morgan fingerprint density at radius 2 is 1.73 bits per heavy atom. The fourth-order valence-electron chi connectivity index (χ4n) is 2.96. The number of thiol groups is 1. The van der Waals surface area contributed by atoms with Gasteiger partial charge < -0.3 is 5.11 Å². The van der Waals surface area contributed by atoms with Crippen LogP contribution < -0.4 is 5.30 Å². The summed E-state index contributed by atoms with van der Waals surface area (Å²) in [6.07, 6.45) is 2.03. The Morgan fingerprint density at radius 3 is 2.36 bits per heavy atom. The summed E-state index contributed by atoms with van der Waals surface area (Å²) in [5.41, 5.74) is 3.34. The van der Waals surface area contributed by atoms with E-state index in [1.54, 1.807) is 0 Å². The molecule has 0 spiro atoms. The minimum absolute atomic E-state index is 0.00481. The lowest BCUT2D eigenvalue weighted by atomic mass is 9.90. The topological polar surface area (TPSA) is 20.2 Å². The van der Waals surface area contributed by atoms with Crippen molar-refractivity contribution in [3.63, 3.8) is 0 Å². The van der Waals surface area contributed by atoms with Crippen LogP contribution in [0.3, 0.4) is 0 Å². The molecule has 0 fully saturated rings. The lowest BCUT2D eigenvalue weighted by molar-refractivity contribution is 0.444. The molecule has 3 heteroatoms. The van der Waals surface area contributed by atoms with Crippen LogP contribution in [0.2, 0.25) is 0 Å². The Bertz CT molecular complexity index is 635. The highest BCUT2D eigenvalue weighted by Crippen LogP contribution is 2.50. The van der Waals surface area contributed by atoms with E-state index in [9.17, 15) is 5.11 Å². The van der Waals surface area contributed by atoms with E-state index in [1.165, 1.54) is 10.9 Å². The van der Waals surface area contributed by atoms with Crippen LogP contribution >= 0.6 is 21.2 Å². The van der Waals surface area contributed by atoms with E-state index >= 15 is 0 Å². The van der Waals surface area contributed by atoms with Crippen LogP contribution in [0.5, 0.6) is 5.75 Å². The average molecular weight is 332 g/mol. The smallest absolute Gasteiger partial charge is 0.122 e. The van der Waals surface area contributed by atoms with Crippen molar-refractivity contribution >= 4 is 26.5 Å². The second-order valence-corrected chi connectivity index (χ2v) is 7.76. The number of benzene rings is 2. The molecule has 0 aliphatic rings. The van der Waals surface area contributed by atoms with E-state index in [-0.39, 0.29) is 5.16 Å². The Balaban J connectivity index is 2.51. The minimum Gasteiger partial charge on any atom is -0.507 e. The minimum atomic E-state index is -0.00481. The number of rotatable bonds is 6. The van der Waals surface area contributed by atoms with Crippen LogP contribution in [0.1, 0.15) is 43.4 Å². The summed E-state index contributed by atoms with van der Waals surface area (Å²) in [6.45, 7) is 6.42. The van der Waals surface area contributed by atoms with Gasteiger partial charge in [-0.15, -0.1) is 0 Å². The quantitative estimate of drug-likeness (QED) is 0.554. The van der Waals surface area contributed by atoms with E-state index < -0.39 is 0 Å². The number of phenols is 1. The molecule has 1 N–H and O–H groups in total. The first-order valence-corrected chi connectivity index (χ1v) is 9.47. The Kier molecular flexibility index (Phi) is 5.94. The van der Waals surface area contributed by atoms with Gasteiger partial charge >= 0.3 is 0 Å². The summed E-state index contributed by atoms with van der Waals surface area (Å²) in [4.78, 5) is 0. The zero-order chi connectivity index (χ0) is 16.2. The first-order valence-electron chi connectivity index (χ1n) is 7.84. The Morgan fingerprint density at radius 1 is 1.05 bits per heavy atom. The average Bonchev–Trinajstić information content (AvgIpc) is 2.56. The monoisotopic (exact) mass is 332 g/mol. The molecule has 22 heavy (non-hydrogen) atoms. The molecule has 2 aromatic carbocycles. The van der Waals surface area contributed by atoms with E-state index in [4.69, 9.17) is 0 Å². The molecule has 1 unspecified atom stereocenters. The highest BCUT2D eigenvalue weighted by molar-refractivity contribution is 7.79. The van der Waals surface area contributed by atoms with E-state index in [0.29, 0.717) is 14.3 Å². The van der Waals surface area contributed by atoms with Crippen LogP contribution in [0, 0.1) is 6.92 Å². The summed E-state index contributed by atoms with van der Waals surface area (Å²) in [5, 5.41) is 11.9. The Hall–Kier alpha value is -0.980. The van der Waals surface area contributed by atoms with Crippen molar-refractivity contribution in [2.75, 3.05) is 0 Å². The molecule has 1 nitrogen and oxygen atoms in total. The van der Waals surface area contributed by atoms with Crippen molar-refractivity contribution in [2.24, 2.45) is 0 Å². The van der Waals surface area contributed by atoms with Gasteiger partial charge in [-0.3, -0.25) is 0 Å². The SMILES string of the molecule is CCC(CC)(Pc1ccccc1CS)c1cccc(C)c1O. The normalized spacial score (nSPS) is 12.2. The first kappa shape index (κ1) is 17.4.